The summed E-state index contributed by atoms with van der Waals surface area (Å²) >= 11 is 16.1. The van der Waals surface area contributed by atoms with Crippen LogP contribution >= 0.6 is 34.8 Å². The molecule has 0 saturated heterocycles. The zero-order valence-corrected chi connectivity index (χ0v) is 8.47. The van der Waals surface area contributed by atoms with Crippen LogP contribution in [-0.4, -0.2) is 27.1 Å². The van der Waals surface area contributed by atoms with Crippen LogP contribution in [0.15, 0.2) is 0 Å². The Morgan fingerprint density at radius 2 is 1.38 bits per heavy atom. The van der Waals surface area contributed by atoms with Crippen LogP contribution in [0.5, 0.6) is 12.0 Å². The zero-order chi connectivity index (χ0) is 9.68. The average molecular weight is 244 g/mol. The molecule has 5 nitrogen and oxygen atoms in total. The Hall–Kier alpha value is -0.520. The number of alkyl halides is 2. The highest BCUT2D eigenvalue weighted by Gasteiger charge is 2.05. The Balaban J connectivity index is 2.83. The van der Waals surface area contributed by atoms with E-state index in [0.29, 0.717) is 0 Å². The lowest BCUT2D eigenvalue weighted by Gasteiger charge is -2.02. The molecular weight excluding hydrogens is 240 g/mol. The van der Waals surface area contributed by atoms with Crippen LogP contribution in [0.2, 0.25) is 5.28 Å². The highest BCUT2D eigenvalue weighted by molar-refractivity contribution is 6.28. The number of rotatable bonds is 4. The number of nitrogens with zero attached hydrogens (tertiary/aromatic N) is 3. The van der Waals surface area contributed by atoms with Crippen molar-refractivity contribution >= 4 is 34.8 Å². The molecule has 0 unspecified atom stereocenters. The van der Waals surface area contributed by atoms with Gasteiger partial charge < -0.3 is 9.47 Å². The fourth-order valence-electron chi connectivity index (χ4n) is 0.541. The van der Waals surface area contributed by atoms with Gasteiger partial charge in [-0.25, -0.2) is 0 Å². The van der Waals surface area contributed by atoms with E-state index in [2.05, 4.69) is 15.0 Å². The van der Waals surface area contributed by atoms with Crippen molar-refractivity contribution in [2.24, 2.45) is 0 Å². The predicted molar refractivity (Wildman–Crippen MR) is 47.5 cm³/mol. The molecule has 0 aromatic carbocycles. The number of ether oxygens (including phenoxy) is 2. The topological polar surface area (TPSA) is 57.1 Å². The second-order valence-corrected chi connectivity index (χ2v) is 2.45. The highest BCUT2D eigenvalue weighted by atomic mass is 35.5. The summed E-state index contributed by atoms with van der Waals surface area (Å²) in [6.45, 7) is 0. The summed E-state index contributed by atoms with van der Waals surface area (Å²) < 4.78 is 9.54. The maximum absolute atomic E-state index is 5.51. The molecular formula is C5H4Cl3N3O2. The fraction of sp³-hybridized carbons (Fsp3) is 0.400. The molecule has 8 heteroatoms. The first-order valence-corrected chi connectivity index (χ1v) is 4.50. The summed E-state index contributed by atoms with van der Waals surface area (Å²) in [6.07, 6.45) is 0. The van der Waals surface area contributed by atoms with Gasteiger partial charge in [0.15, 0.2) is 12.1 Å². The molecule has 13 heavy (non-hydrogen) atoms. The van der Waals surface area contributed by atoms with Gasteiger partial charge in [-0.3, -0.25) is 0 Å². The van der Waals surface area contributed by atoms with Gasteiger partial charge >= 0.3 is 12.0 Å². The van der Waals surface area contributed by atoms with Crippen molar-refractivity contribution in [2.75, 3.05) is 12.1 Å². The van der Waals surface area contributed by atoms with E-state index in [9.17, 15) is 0 Å². The molecule has 0 amide bonds. The van der Waals surface area contributed by atoms with Crippen molar-refractivity contribution < 1.29 is 9.47 Å². The quantitative estimate of drug-likeness (QED) is 0.754. The van der Waals surface area contributed by atoms with Crippen LogP contribution < -0.4 is 9.47 Å². The monoisotopic (exact) mass is 243 g/mol. The third kappa shape index (κ3) is 3.38. The molecule has 1 aromatic heterocycles. The van der Waals surface area contributed by atoms with Crippen LogP contribution in [0.1, 0.15) is 0 Å². The largest absolute Gasteiger partial charge is 0.447 e. The summed E-state index contributed by atoms with van der Waals surface area (Å²) in [4.78, 5) is 10.9. The number of aromatic nitrogens is 3. The smallest absolute Gasteiger partial charge is 0.325 e. The Bertz CT molecular complexity index is 261. The van der Waals surface area contributed by atoms with Crippen molar-refractivity contribution in [3.63, 3.8) is 0 Å². The molecule has 0 N–H and O–H groups in total. The molecule has 0 spiro atoms. The predicted octanol–water partition coefficient (Wildman–Crippen LogP) is 1.68. The van der Waals surface area contributed by atoms with Crippen LogP contribution in [0.25, 0.3) is 0 Å². The molecule has 0 atom stereocenters. The fourth-order valence-corrected chi connectivity index (χ4v) is 0.881. The van der Waals surface area contributed by atoms with E-state index in [1.165, 1.54) is 0 Å². The van der Waals surface area contributed by atoms with Gasteiger partial charge in [0.05, 0.1) is 0 Å². The van der Waals surface area contributed by atoms with Crippen LogP contribution in [0.4, 0.5) is 0 Å². The van der Waals surface area contributed by atoms with Crippen LogP contribution in [0, 0.1) is 0 Å². The van der Waals surface area contributed by atoms with Gasteiger partial charge in [-0.15, -0.1) is 4.98 Å². The standard InChI is InChI=1S/C5H4Cl3N3O2/c6-1-12-4-9-3(8)10-5(11-4)13-2-7/h1-2H2. The van der Waals surface area contributed by atoms with Crippen molar-refractivity contribution in [2.45, 2.75) is 0 Å². The molecule has 0 aliphatic heterocycles. The van der Waals surface area contributed by atoms with E-state index in [-0.39, 0.29) is 29.4 Å². The van der Waals surface area contributed by atoms with E-state index < -0.39 is 0 Å². The Kier molecular flexibility index (Phi) is 4.27. The summed E-state index contributed by atoms with van der Waals surface area (Å²) in [6, 6.07) is -0.174. The SMILES string of the molecule is ClCOc1nc(Cl)nc(OCCl)n1. The minimum atomic E-state index is -0.0827. The lowest BCUT2D eigenvalue weighted by atomic mass is 11.0. The first-order valence-electron chi connectivity index (χ1n) is 3.05. The molecule has 1 aromatic rings. The van der Waals surface area contributed by atoms with Crippen molar-refractivity contribution in [1.82, 2.24) is 15.0 Å². The zero-order valence-electron chi connectivity index (χ0n) is 6.21. The minimum absolute atomic E-state index is 0.00452. The summed E-state index contributed by atoms with van der Waals surface area (Å²) in [7, 11) is 0. The number of halogens is 3. The maximum atomic E-state index is 5.51. The van der Waals surface area contributed by atoms with Gasteiger partial charge in [-0.05, 0) is 11.6 Å². The van der Waals surface area contributed by atoms with Gasteiger partial charge in [-0.1, -0.05) is 23.2 Å². The molecule has 72 valence electrons. The normalized spacial score (nSPS) is 9.77. The lowest BCUT2D eigenvalue weighted by molar-refractivity contribution is 0.318. The molecule has 0 fully saturated rings. The van der Waals surface area contributed by atoms with Crippen molar-refractivity contribution in [1.29, 1.82) is 0 Å². The maximum Gasteiger partial charge on any atom is 0.325 e. The van der Waals surface area contributed by atoms with Crippen LogP contribution in [0.3, 0.4) is 0 Å². The minimum Gasteiger partial charge on any atom is -0.447 e. The molecule has 0 aliphatic rings. The van der Waals surface area contributed by atoms with Gasteiger partial charge in [-0.2, -0.15) is 9.97 Å². The van der Waals surface area contributed by atoms with Gasteiger partial charge in [0.1, 0.15) is 0 Å². The van der Waals surface area contributed by atoms with Crippen LogP contribution in [-0.2, 0) is 0 Å². The van der Waals surface area contributed by atoms with E-state index in [1.54, 1.807) is 0 Å². The molecule has 0 aliphatic carbocycles. The highest BCUT2D eigenvalue weighted by Crippen LogP contribution is 2.13. The Morgan fingerprint density at radius 3 is 1.77 bits per heavy atom. The number of hydrogen-bond donors (Lipinski definition) is 0. The number of hydrogen-bond acceptors (Lipinski definition) is 5. The van der Waals surface area contributed by atoms with Gasteiger partial charge in [0.25, 0.3) is 0 Å². The summed E-state index contributed by atoms with van der Waals surface area (Å²) in [5.74, 6) is 0. The molecule has 1 rings (SSSR count). The molecule has 0 bridgehead atoms. The van der Waals surface area contributed by atoms with E-state index in [4.69, 9.17) is 44.3 Å². The third-order valence-electron chi connectivity index (χ3n) is 0.934. The Morgan fingerprint density at radius 1 is 0.923 bits per heavy atom. The van der Waals surface area contributed by atoms with Crippen molar-refractivity contribution in [3.05, 3.63) is 5.28 Å². The third-order valence-corrected chi connectivity index (χ3v) is 1.32. The van der Waals surface area contributed by atoms with Gasteiger partial charge in [0.2, 0.25) is 5.28 Å². The molecule has 0 radical (unpaired) electrons. The summed E-state index contributed by atoms with van der Waals surface area (Å²) in [5, 5.41) is -0.0461. The van der Waals surface area contributed by atoms with Crippen molar-refractivity contribution in [3.8, 4) is 12.0 Å². The summed E-state index contributed by atoms with van der Waals surface area (Å²) in [5.41, 5.74) is 0. The van der Waals surface area contributed by atoms with Gasteiger partial charge in [0, 0.05) is 0 Å². The first kappa shape index (κ1) is 10.6. The van der Waals surface area contributed by atoms with E-state index in [0.717, 1.165) is 0 Å². The first-order chi connectivity index (χ1) is 6.26. The molecule has 1 heterocycles. The second-order valence-electron chi connectivity index (χ2n) is 1.68. The van der Waals surface area contributed by atoms with E-state index >= 15 is 0 Å². The second kappa shape index (κ2) is 5.26. The lowest BCUT2D eigenvalue weighted by Crippen LogP contribution is -2.02. The molecule has 0 saturated carbocycles. The van der Waals surface area contributed by atoms with E-state index in [1.807, 2.05) is 0 Å². The average Bonchev–Trinajstić information content (AvgIpc) is 2.04. The Labute approximate surface area is 89.0 Å².